The molecular weight excluding hydrogens is 268 g/mol. The van der Waals surface area contributed by atoms with Crippen molar-refractivity contribution in [1.29, 1.82) is 0 Å². The number of hydrogen-bond donors (Lipinski definition) is 3. The maximum Gasteiger partial charge on any atom is 0.259 e. The van der Waals surface area contributed by atoms with Gasteiger partial charge in [0.15, 0.2) is 11.5 Å². The van der Waals surface area contributed by atoms with Gasteiger partial charge in [0.2, 0.25) is 0 Å². The molecule has 0 bridgehead atoms. The van der Waals surface area contributed by atoms with Crippen LogP contribution in [-0.4, -0.2) is 18.1 Å². The summed E-state index contributed by atoms with van der Waals surface area (Å²) in [7, 11) is 1.44. The van der Waals surface area contributed by atoms with Gasteiger partial charge in [0.05, 0.1) is 12.7 Å². The van der Waals surface area contributed by atoms with E-state index in [1.54, 1.807) is 12.1 Å². The van der Waals surface area contributed by atoms with E-state index in [-0.39, 0.29) is 17.1 Å². The van der Waals surface area contributed by atoms with Crippen molar-refractivity contribution >= 4 is 11.6 Å². The highest BCUT2D eigenvalue weighted by atomic mass is 16.5. The number of anilines is 1. The van der Waals surface area contributed by atoms with Gasteiger partial charge in [-0.25, -0.2) is 0 Å². The Balaban J connectivity index is 2.30. The standard InChI is InChI=1S/C16H18N2O3/c1-10-6-7-11(9-17)8-13(10)18-16(20)12-4-3-5-14(21-2)15(12)19/h3-8,19H,9,17H2,1-2H3,(H,18,20). The molecule has 0 heterocycles. The van der Waals surface area contributed by atoms with E-state index in [0.717, 1.165) is 11.1 Å². The van der Waals surface area contributed by atoms with Crippen LogP contribution in [0.2, 0.25) is 0 Å². The van der Waals surface area contributed by atoms with E-state index < -0.39 is 5.91 Å². The molecule has 0 saturated carbocycles. The summed E-state index contributed by atoms with van der Waals surface area (Å²) in [5.41, 5.74) is 8.28. The van der Waals surface area contributed by atoms with Crippen LogP contribution in [0.15, 0.2) is 36.4 Å². The molecule has 5 nitrogen and oxygen atoms in total. The molecule has 0 aliphatic heterocycles. The topological polar surface area (TPSA) is 84.6 Å². The van der Waals surface area contributed by atoms with Gasteiger partial charge in [-0.05, 0) is 36.2 Å². The lowest BCUT2D eigenvalue weighted by molar-refractivity contribution is 0.102. The Morgan fingerprint density at radius 3 is 2.76 bits per heavy atom. The second-order valence-electron chi connectivity index (χ2n) is 4.66. The van der Waals surface area contributed by atoms with Crippen LogP contribution >= 0.6 is 0 Å². The number of amides is 1. The molecule has 2 rings (SSSR count). The third-order valence-corrected chi connectivity index (χ3v) is 3.25. The van der Waals surface area contributed by atoms with Crippen molar-refractivity contribution in [3.8, 4) is 11.5 Å². The predicted octanol–water partition coefficient (Wildman–Crippen LogP) is 2.42. The maximum absolute atomic E-state index is 12.3. The van der Waals surface area contributed by atoms with E-state index in [2.05, 4.69) is 5.32 Å². The van der Waals surface area contributed by atoms with E-state index in [0.29, 0.717) is 12.2 Å². The number of nitrogens with one attached hydrogen (secondary N) is 1. The number of benzene rings is 2. The monoisotopic (exact) mass is 286 g/mol. The molecule has 0 saturated heterocycles. The molecular formula is C16H18N2O3. The Kier molecular flexibility index (Phi) is 4.45. The van der Waals surface area contributed by atoms with Gasteiger partial charge in [0.1, 0.15) is 0 Å². The fraction of sp³-hybridized carbons (Fsp3) is 0.188. The normalized spacial score (nSPS) is 10.2. The zero-order valence-corrected chi connectivity index (χ0v) is 12.0. The van der Waals surface area contributed by atoms with Crippen molar-refractivity contribution in [3.63, 3.8) is 0 Å². The van der Waals surface area contributed by atoms with E-state index in [4.69, 9.17) is 10.5 Å². The molecule has 1 amide bonds. The molecule has 0 unspecified atom stereocenters. The largest absolute Gasteiger partial charge is 0.504 e. The number of aryl methyl sites for hydroxylation is 1. The molecule has 2 aromatic rings. The minimum atomic E-state index is -0.399. The SMILES string of the molecule is COc1cccc(C(=O)Nc2cc(CN)ccc2C)c1O. The minimum absolute atomic E-state index is 0.159. The van der Waals surface area contributed by atoms with Crippen molar-refractivity contribution in [2.45, 2.75) is 13.5 Å². The fourth-order valence-electron chi connectivity index (χ4n) is 1.99. The molecule has 0 atom stereocenters. The van der Waals surface area contributed by atoms with Crippen LogP contribution in [0.1, 0.15) is 21.5 Å². The number of nitrogens with two attached hydrogens (primary N) is 1. The molecule has 2 aromatic carbocycles. The Morgan fingerprint density at radius 1 is 1.33 bits per heavy atom. The number of methoxy groups -OCH3 is 1. The van der Waals surface area contributed by atoms with Gasteiger partial charge >= 0.3 is 0 Å². The Morgan fingerprint density at radius 2 is 2.10 bits per heavy atom. The van der Waals surface area contributed by atoms with Gasteiger partial charge in [-0.15, -0.1) is 0 Å². The molecule has 0 aromatic heterocycles. The van der Waals surface area contributed by atoms with Gasteiger partial charge in [-0.1, -0.05) is 18.2 Å². The zero-order valence-electron chi connectivity index (χ0n) is 12.0. The van der Waals surface area contributed by atoms with E-state index in [1.165, 1.54) is 13.2 Å². The molecule has 4 N–H and O–H groups in total. The number of ether oxygens (including phenoxy) is 1. The van der Waals surface area contributed by atoms with Gasteiger partial charge < -0.3 is 20.9 Å². The number of phenols is 1. The minimum Gasteiger partial charge on any atom is -0.504 e. The van der Waals surface area contributed by atoms with Crippen LogP contribution in [0.4, 0.5) is 5.69 Å². The number of aromatic hydroxyl groups is 1. The van der Waals surface area contributed by atoms with Crippen molar-refractivity contribution in [2.75, 3.05) is 12.4 Å². The van der Waals surface area contributed by atoms with E-state index in [1.807, 2.05) is 25.1 Å². The van der Waals surface area contributed by atoms with Crippen LogP contribution < -0.4 is 15.8 Å². The number of rotatable bonds is 4. The fourth-order valence-corrected chi connectivity index (χ4v) is 1.99. The van der Waals surface area contributed by atoms with Crippen molar-refractivity contribution in [2.24, 2.45) is 5.73 Å². The van der Waals surface area contributed by atoms with Crippen molar-refractivity contribution in [1.82, 2.24) is 0 Å². The van der Waals surface area contributed by atoms with Gasteiger partial charge in [0.25, 0.3) is 5.91 Å². The first kappa shape index (κ1) is 14.9. The van der Waals surface area contributed by atoms with Crippen LogP contribution in [0, 0.1) is 6.92 Å². The summed E-state index contributed by atoms with van der Waals surface area (Å²) in [6.45, 7) is 2.29. The summed E-state index contributed by atoms with van der Waals surface area (Å²) in [6.07, 6.45) is 0. The smallest absolute Gasteiger partial charge is 0.259 e. The second-order valence-corrected chi connectivity index (χ2v) is 4.66. The lowest BCUT2D eigenvalue weighted by Gasteiger charge is -2.12. The van der Waals surface area contributed by atoms with Crippen LogP contribution in [0.5, 0.6) is 11.5 Å². The zero-order chi connectivity index (χ0) is 15.4. The van der Waals surface area contributed by atoms with E-state index in [9.17, 15) is 9.90 Å². The van der Waals surface area contributed by atoms with Crippen molar-refractivity contribution in [3.05, 3.63) is 53.1 Å². The van der Waals surface area contributed by atoms with Gasteiger partial charge in [0, 0.05) is 12.2 Å². The average Bonchev–Trinajstić information content (AvgIpc) is 2.49. The summed E-state index contributed by atoms with van der Waals surface area (Å²) in [5.74, 6) is -0.316. The Labute approximate surface area is 123 Å². The number of carbonyl (C=O) groups is 1. The Hall–Kier alpha value is -2.53. The molecule has 0 aliphatic carbocycles. The Bertz CT molecular complexity index is 669. The third kappa shape index (κ3) is 3.14. The molecule has 0 aliphatic rings. The highest BCUT2D eigenvalue weighted by Crippen LogP contribution is 2.30. The van der Waals surface area contributed by atoms with Gasteiger partial charge in [-0.2, -0.15) is 0 Å². The summed E-state index contributed by atoms with van der Waals surface area (Å²) in [5, 5.41) is 12.8. The molecule has 5 heteroatoms. The summed E-state index contributed by atoms with van der Waals surface area (Å²) < 4.78 is 5.00. The number of hydrogen-bond acceptors (Lipinski definition) is 4. The summed E-state index contributed by atoms with van der Waals surface area (Å²) in [4.78, 5) is 12.3. The molecule has 0 radical (unpaired) electrons. The highest BCUT2D eigenvalue weighted by molar-refractivity contribution is 6.07. The first-order valence-corrected chi connectivity index (χ1v) is 6.53. The maximum atomic E-state index is 12.3. The lowest BCUT2D eigenvalue weighted by Crippen LogP contribution is -2.13. The highest BCUT2D eigenvalue weighted by Gasteiger charge is 2.15. The first-order chi connectivity index (χ1) is 10.1. The summed E-state index contributed by atoms with van der Waals surface area (Å²) in [6, 6.07) is 10.4. The van der Waals surface area contributed by atoms with Crippen LogP contribution in [-0.2, 0) is 6.54 Å². The first-order valence-electron chi connectivity index (χ1n) is 6.53. The summed E-state index contributed by atoms with van der Waals surface area (Å²) >= 11 is 0. The quantitative estimate of drug-likeness (QED) is 0.806. The number of para-hydroxylation sites is 1. The average molecular weight is 286 g/mol. The van der Waals surface area contributed by atoms with Crippen molar-refractivity contribution < 1.29 is 14.6 Å². The molecule has 110 valence electrons. The number of carbonyl (C=O) groups excluding carboxylic acids is 1. The predicted molar refractivity (Wildman–Crippen MR) is 81.7 cm³/mol. The second kappa shape index (κ2) is 6.28. The molecule has 0 fully saturated rings. The molecule has 0 spiro atoms. The number of phenolic OH excluding ortho intramolecular Hbond substituents is 1. The van der Waals surface area contributed by atoms with Gasteiger partial charge in [-0.3, -0.25) is 4.79 Å². The lowest BCUT2D eigenvalue weighted by atomic mass is 10.1. The van der Waals surface area contributed by atoms with E-state index >= 15 is 0 Å². The molecule has 21 heavy (non-hydrogen) atoms. The van der Waals surface area contributed by atoms with Crippen LogP contribution in [0.25, 0.3) is 0 Å². The van der Waals surface area contributed by atoms with Crippen LogP contribution in [0.3, 0.4) is 0 Å². The third-order valence-electron chi connectivity index (χ3n) is 3.25.